The summed E-state index contributed by atoms with van der Waals surface area (Å²) in [5.41, 5.74) is -1.47. The Bertz CT molecular complexity index is 1420. The van der Waals surface area contributed by atoms with Crippen molar-refractivity contribution in [2.75, 3.05) is 33.4 Å². The number of hydrogen-bond donors (Lipinski definition) is 2. The number of likely N-dealkylation sites (tertiary alicyclic amines) is 1. The Kier molecular flexibility index (Phi) is 10.5. The molecule has 2 fully saturated rings. The van der Waals surface area contributed by atoms with Crippen molar-refractivity contribution >= 4 is 23.7 Å². The molecular formula is C37H51N3O8. The van der Waals surface area contributed by atoms with Gasteiger partial charge >= 0.3 is 5.97 Å². The summed E-state index contributed by atoms with van der Waals surface area (Å²) in [5.74, 6) is -3.57. The Morgan fingerprint density at radius 3 is 2.44 bits per heavy atom. The molecule has 4 heterocycles. The number of benzene rings is 1. The van der Waals surface area contributed by atoms with E-state index >= 15 is 0 Å². The molecule has 1 aromatic rings. The lowest BCUT2D eigenvalue weighted by Crippen LogP contribution is -2.60. The number of aliphatic hydroxyl groups is 1. The van der Waals surface area contributed by atoms with E-state index in [0.29, 0.717) is 18.4 Å². The van der Waals surface area contributed by atoms with Gasteiger partial charge in [-0.05, 0) is 44.1 Å². The Hall–Kier alpha value is -3.54. The maximum absolute atomic E-state index is 15.0. The third-order valence-corrected chi connectivity index (χ3v) is 9.82. The third kappa shape index (κ3) is 6.95. The molecule has 262 valence electrons. The van der Waals surface area contributed by atoms with Crippen LogP contribution in [0.3, 0.4) is 0 Å². The maximum atomic E-state index is 15.0. The topological polar surface area (TPSA) is 135 Å². The molecule has 11 nitrogen and oxygen atoms in total. The van der Waals surface area contributed by atoms with Gasteiger partial charge in [0.25, 0.3) is 0 Å². The van der Waals surface area contributed by atoms with Crippen LogP contribution < -0.4 is 5.32 Å². The summed E-state index contributed by atoms with van der Waals surface area (Å²) in [6.45, 7) is 10.7. The second-order valence-electron chi connectivity index (χ2n) is 15.2. The summed E-state index contributed by atoms with van der Waals surface area (Å²) in [6.07, 6.45) is 7.19. The number of rotatable bonds is 8. The highest BCUT2D eigenvalue weighted by molar-refractivity contribution is 5.99. The van der Waals surface area contributed by atoms with Crippen molar-refractivity contribution in [3.05, 3.63) is 60.2 Å². The van der Waals surface area contributed by atoms with E-state index in [1.807, 2.05) is 56.3 Å². The van der Waals surface area contributed by atoms with Crippen molar-refractivity contribution in [1.29, 1.82) is 0 Å². The first kappa shape index (κ1) is 35.8. The minimum absolute atomic E-state index is 0.0779. The molecule has 2 N–H and O–H groups in total. The van der Waals surface area contributed by atoms with Crippen molar-refractivity contribution in [1.82, 2.24) is 15.1 Å². The van der Waals surface area contributed by atoms with E-state index in [9.17, 15) is 24.3 Å². The van der Waals surface area contributed by atoms with Crippen LogP contribution in [0, 0.1) is 17.3 Å². The van der Waals surface area contributed by atoms with Gasteiger partial charge in [-0.15, -0.1) is 0 Å². The van der Waals surface area contributed by atoms with Crippen LogP contribution in [0.25, 0.3) is 0 Å². The molecule has 3 amide bonds. The standard InChI is InChI=1S/C37H51N3O8/c1-35(2,3)23-36(4,5)40-20-12-8-11-16-27(42)38-25(22-46-6)30(24-14-9-7-10-15-24)47-34(45)28-26-17-18-37(48-26)29(28)32(43)39(19-13-21-41)31(37)33(40)44/h7-10,12,14-15,17-18,25-26,28-31,41H,11,13,16,19-23H2,1-6H3,(H,38,42)/b12-8-/t25-,26+,28-,29-,30-,31+,37-/m1/s1. The largest absolute Gasteiger partial charge is 0.455 e. The van der Waals surface area contributed by atoms with E-state index in [4.69, 9.17) is 14.2 Å². The molecule has 48 heavy (non-hydrogen) atoms. The van der Waals surface area contributed by atoms with Crippen LogP contribution in [-0.4, -0.2) is 101 Å². The number of cyclic esters (lactones) is 1. The number of methoxy groups -OCH3 is 1. The third-order valence-electron chi connectivity index (χ3n) is 9.82. The fourth-order valence-corrected chi connectivity index (χ4v) is 8.28. The predicted molar refractivity (Wildman–Crippen MR) is 178 cm³/mol. The number of nitrogens with one attached hydrogen (secondary N) is 1. The van der Waals surface area contributed by atoms with E-state index in [1.54, 1.807) is 17.1 Å². The second-order valence-corrected chi connectivity index (χ2v) is 15.2. The highest BCUT2D eigenvalue weighted by Gasteiger charge is 2.73. The lowest BCUT2D eigenvalue weighted by molar-refractivity contribution is -0.162. The molecule has 0 radical (unpaired) electrons. The van der Waals surface area contributed by atoms with Gasteiger partial charge in [-0.1, -0.05) is 75.4 Å². The zero-order valence-corrected chi connectivity index (χ0v) is 29.0. The zero-order chi connectivity index (χ0) is 34.9. The summed E-state index contributed by atoms with van der Waals surface area (Å²) in [4.78, 5) is 60.3. The van der Waals surface area contributed by atoms with Gasteiger partial charge in [-0.3, -0.25) is 19.2 Å². The minimum atomic E-state index is -1.38. The average molecular weight is 666 g/mol. The van der Waals surface area contributed by atoms with Gasteiger partial charge in [0.1, 0.15) is 23.7 Å². The first-order valence-electron chi connectivity index (χ1n) is 17.0. The number of hydrogen-bond acceptors (Lipinski definition) is 8. The normalized spacial score (nSPS) is 32.0. The smallest absolute Gasteiger partial charge is 0.313 e. The van der Waals surface area contributed by atoms with Crippen LogP contribution in [0.5, 0.6) is 0 Å². The molecule has 0 aliphatic carbocycles. The van der Waals surface area contributed by atoms with Crippen LogP contribution >= 0.6 is 0 Å². The SMILES string of the molecule is COC[C@H]1NC(=O)CC/C=C\CN(C(C)(C)CC(C)(C)C)C(=O)[C@@H]2N(CCCO)C(=O)[C@H]3[C@H](C(=O)O[C@@H]1c1ccccc1)[C@@H]1C=C[C@]23O1. The van der Waals surface area contributed by atoms with Crippen LogP contribution in [-0.2, 0) is 33.4 Å². The zero-order valence-electron chi connectivity index (χ0n) is 29.0. The fraction of sp³-hybridized carbons (Fsp3) is 0.622. The molecule has 5 bridgehead atoms. The first-order valence-corrected chi connectivity index (χ1v) is 17.0. The molecule has 2 saturated heterocycles. The van der Waals surface area contributed by atoms with Crippen molar-refractivity contribution in [3.63, 3.8) is 0 Å². The highest BCUT2D eigenvalue weighted by atomic mass is 16.6. The number of amides is 3. The Labute approximate surface area is 283 Å². The van der Waals surface area contributed by atoms with E-state index in [2.05, 4.69) is 26.1 Å². The lowest BCUT2D eigenvalue weighted by atomic mass is 9.74. The van der Waals surface area contributed by atoms with Crippen molar-refractivity contribution in [3.8, 4) is 0 Å². The Balaban J connectivity index is 1.62. The molecule has 5 rings (SSSR count). The van der Waals surface area contributed by atoms with Crippen LogP contribution in [0.1, 0.15) is 72.0 Å². The van der Waals surface area contributed by atoms with Gasteiger partial charge in [0.2, 0.25) is 17.7 Å². The Morgan fingerprint density at radius 1 is 1.04 bits per heavy atom. The Morgan fingerprint density at radius 2 is 1.77 bits per heavy atom. The number of carbonyl (C=O) groups is 4. The number of carbonyl (C=O) groups excluding carboxylic acids is 4. The minimum Gasteiger partial charge on any atom is -0.455 e. The van der Waals surface area contributed by atoms with E-state index in [1.165, 1.54) is 12.0 Å². The molecule has 0 saturated carbocycles. The number of aliphatic hydroxyl groups excluding tert-OH is 1. The van der Waals surface area contributed by atoms with Gasteiger partial charge in [0, 0.05) is 38.8 Å². The van der Waals surface area contributed by atoms with Crippen LogP contribution in [0.4, 0.5) is 0 Å². The first-order chi connectivity index (χ1) is 22.7. The summed E-state index contributed by atoms with van der Waals surface area (Å²) >= 11 is 0. The molecule has 1 spiro atoms. The molecule has 7 atom stereocenters. The van der Waals surface area contributed by atoms with Crippen molar-refractivity contribution in [2.45, 2.75) is 95.7 Å². The maximum Gasteiger partial charge on any atom is 0.313 e. The lowest BCUT2D eigenvalue weighted by Gasteiger charge is -2.45. The second kappa shape index (κ2) is 14.1. The van der Waals surface area contributed by atoms with Crippen LogP contribution in [0.15, 0.2) is 54.6 Å². The van der Waals surface area contributed by atoms with Crippen molar-refractivity contribution in [2.24, 2.45) is 17.3 Å². The van der Waals surface area contributed by atoms with E-state index < -0.39 is 53.2 Å². The van der Waals surface area contributed by atoms with Gasteiger partial charge in [-0.25, -0.2) is 0 Å². The summed E-state index contributed by atoms with van der Waals surface area (Å²) in [6, 6.07) is 7.37. The molecule has 4 aliphatic heterocycles. The van der Waals surface area contributed by atoms with Gasteiger partial charge in [-0.2, -0.15) is 0 Å². The van der Waals surface area contributed by atoms with E-state index in [-0.39, 0.29) is 62.3 Å². The predicted octanol–water partition coefficient (Wildman–Crippen LogP) is 3.33. The van der Waals surface area contributed by atoms with E-state index in [0.717, 1.165) is 0 Å². The van der Waals surface area contributed by atoms with Gasteiger partial charge in [0.05, 0.1) is 24.7 Å². The fourth-order valence-electron chi connectivity index (χ4n) is 8.28. The van der Waals surface area contributed by atoms with Gasteiger partial charge in [0.15, 0.2) is 0 Å². The number of ether oxygens (including phenoxy) is 3. The summed E-state index contributed by atoms with van der Waals surface area (Å²) < 4.78 is 18.3. The monoisotopic (exact) mass is 665 g/mol. The number of esters is 1. The average Bonchev–Trinajstić information content (AvgIpc) is 3.66. The molecule has 0 unspecified atom stereocenters. The molecule has 4 aliphatic rings. The molecular weight excluding hydrogens is 614 g/mol. The van der Waals surface area contributed by atoms with Crippen LogP contribution in [0.2, 0.25) is 0 Å². The highest BCUT2D eigenvalue weighted by Crippen LogP contribution is 2.56. The van der Waals surface area contributed by atoms with Crippen molar-refractivity contribution < 1.29 is 38.5 Å². The molecule has 1 aromatic carbocycles. The number of fused-ring (bicyclic) bond motifs is 2. The molecule has 0 aromatic heterocycles. The summed E-state index contributed by atoms with van der Waals surface area (Å²) in [5, 5.41) is 12.8. The van der Waals surface area contributed by atoms with Gasteiger partial charge < -0.3 is 34.4 Å². The number of nitrogens with zero attached hydrogens (tertiary/aromatic N) is 2. The summed E-state index contributed by atoms with van der Waals surface area (Å²) in [7, 11) is 1.52. The molecule has 11 heteroatoms. The number of allylic oxidation sites excluding steroid dienone is 1. The quantitative estimate of drug-likeness (QED) is 0.319.